The van der Waals surface area contributed by atoms with Crippen LogP contribution in [0.15, 0.2) is 18.2 Å². The van der Waals surface area contributed by atoms with Crippen molar-refractivity contribution < 1.29 is 27.4 Å². The number of carbonyl (C=O) groups is 1. The summed E-state index contributed by atoms with van der Waals surface area (Å²) in [5, 5.41) is 0. The van der Waals surface area contributed by atoms with E-state index >= 15 is 0 Å². The molecule has 0 aromatic heterocycles. The summed E-state index contributed by atoms with van der Waals surface area (Å²) < 4.78 is 50.8. The summed E-state index contributed by atoms with van der Waals surface area (Å²) in [6, 6.07) is 3.67. The fourth-order valence-corrected chi connectivity index (χ4v) is 3.49. The molecule has 1 atom stereocenters. The number of likely N-dealkylation sites (tertiary alicyclic amines) is 1. The summed E-state index contributed by atoms with van der Waals surface area (Å²) in [6.07, 6.45) is -2.68. The predicted molar refractivity (Wildman–Crippen MR) is 85.8 cm³/mol. The smallest absolute Gasteiger partial charge is 0.408 e. The summed E-state index contributed by atoms with van der Waals surface area (Å²) in [5.74, 6) is 0.334. The third kappa shape index (κ3) is 3.85. The Hall–Kier alpha value is -1.92. The molecule has 25 heavy (non-hydrogen) atoms. The van der Waals surface area contributed by atoms with Gasteiger partial charge >= 0.3 is 6.18 Å². The van der Waals surface area contributed by atoms with Crippen molar-refractivity contribution in [3.8, 4) is 11.5 Å². The number of hydrogen-bond acceptors (Lipinski definition) is 3. The molecule has 1 unspecified atom stereocenters. The number of nitrogens with zero attached hydrogens (tertiary/aromatic N) is 1. The molecule has 0 saturated carbocycles. The van der Waals surface area contributed by atoms with Crippen LogP contribution in [-0.2, 0) is 11.2 Å². The largest absolute Gasteiger partial charge is 0.483 e. The molecule has 0 aliphatic carbocycles. The van der Waals surface area contributed by atoms with Gasteiger partial charge in [0, 0.05) is 18.5 Å². The van der Waals surface area contributed by atoms with E-state index in [1.54, 1.807) is 12.1 Å². The van der Waals surface area contributed by atoms with Crippen LogP contribution >= 0.6 is 0 Å². The Bertz CT molecular complexity index is 657. The molecule has 2 aliphatic rings. The van der Waals surface area contributed by atoms with Gasteiger partial charge in [-0.15, -0.1) is 0 Å². The summed E-state index contributed by atoms with van der Waals surface area (Å²) >= 11 is 0. The van der Waals surface area contributed by atoms with Crippen molar-refractivity contribution in [3.05, 3.63) is 23.8 Å². The number of fused-ring (bicyclic) bond motifs is 1. The third-order valence-electron chi connectivity index (χ3n) is 4.61. The minimum absolute atomic E-state index is 0.0483. The van der Waals surface area contributed by atoms with Crippen LogP contribution in [0, 0.1) is 0 Å². The van der Waals surface area contributed by atoms with Crippen LogP contribution in [0.4, 0.5) is 13.2 Å². The van der Waals surface area contributed by atoms with E-state index in [4.69, 9.17) is 9.47 Å². The van der Waals surface area contributed by atoms with Gasteiger partial charge in [0.2, 0.25) is 0 Å². The van der Waals surface area contributed by atoms with Gasteiger partial charge in [-0.05, 0) is 39.2 Å². The molecule has 0 radical (unpaired) electrons. The molecular weight excluding hydrogens is 335 g/mol. The Balaban J connectivity index is 1.68. The maximum atomic E-state index is 13.1. The zero-order chi connectivity index (χ0) is 18.2. The molecule has 2 aliphatic heterocycles. The van der Waals surface area contributed by atoms with E-state index in [2.05, 4.69) is 0 Å². The normalized spacial score (nSPS) is 22.3. The van der Waals surface area contributed by atoms with E-state index in [-0.39, 0.29) is 18.6 Å². The van der Waals surface area contributed by atoms with Gasteiger partial charge in [-0.3, -0.25) is 4.79 Å². The van der Waals surface area contributed by atoms with Crippen LogP contribution in [0.1, 0.15) is 38.7 Å². The maximum Gasteiger partial charge on any atom is 0.408 e. The van der Waals surface area contributed by atoms with Crippen LogP contribution in [-0.4, -0.2) is 41.8 Å². The highest BCUT2D eigenvalue weighted by Gasteiger charge is 2.46. The maximum absolute atomic E-state index is 13.1. The average molecular weight is 357 g/mol. The van der Waals surface area contributed by atoms with Gasteiger partial charge < -0.3 is 14.4 Å². The van der Waals surface area contributed by atoms with Crippen molar-refractivity contribution >= 4 is 5.91 Å². The van der Waals surface area contributed by atoms with E-state index in [1.165, 1.54) is 0 Å². The highest BCUT2D eigenvalue weighted by atomic mass is 19.4. The molecule has 0 N–H and O–H groups in total. The third-order valence-corrected chi connectivity index (χ3v) is 4.61. The molecular formula is C18H22F3NO3. The quantitative estimate of drug-likeness (QED) is 0.828. The minimum atomic E-state index is -4.41. The van der Waals surface area contributed by atoms with Crippen LogP contribution < -0.4 is 9.47 Å². The first-order chi connectivity index (χ1) is 11.7. The fourth-order valence-electron chi connectivity index (χ4n) is 3.49. The van der Waals surface area contributed by atoms with E-state index < -0.39 is 24.7 Å². The number of alkyl halides is 3. The van der Waals surface area contributed by atoms with Crippen molar-refractivity contribution in [1.29, 1.82) is 0 Å². The topological polar surface area (TPSA) is 38.8 Å². The summed E-state index contributed by atoms with van der Waals surface area (Å²) in [4.78, 5) is 13.2. The Kier molecular flexibility index (Phi) is 4.60. The SMILES string of the molecule is CC1(C)Cc2cccc(OCC(=O)N3CCCCC3C(F)(F)F)c2O1. The number of amides is 1. The Morgan fingerprint density at radius 1 is 1.36 bits per heavy atom. The Labute approximate surface area is 144 Å². The molecule has 1 aromatic carbocycles. The molecule has 0 spiro atoms. The predicted octanol–water partition coefficient (Wildman–Crippen LogP) is 3.72. The molecule has 1 aromatic rings. The van der Waals surface area contributed by atoms with Gasteiger partial charge in [-0.25, -0.2) is 0 Å². The number of piperidine rings is 1. The fraction of sp³-hybridized carbons (Fsp3) is 0.611. The highest BCUT2D eigenvalue weighted by Crippen LogP contribution is 2.41. The van der Waals surface area contributed by atoms with E-state index in [0.717, 1.165) is 16.9 Å². The lowest BCUT2D eigenvalue weighted by atomic mass is 10.0. The molecule has 7 heteroatoms. The van der Waals surface area contributed by atoms with Crippen molar-refractivity contribution in [1.82, 2.24) is 4.90 Å². The van der Waals surface area contributed by atoms with Crippen LogP contribution in [0.25, 0.3) is 0 Å². The first-order valence-corrected chi connectivity index (χ1v) is 8.47. The first-order valence-electron chi connectivity index (χ1n) is 8.47. The molecule has 4 nitrogen and oxygen atoms in total. The molecule has 0 bridgehead atoms. The second-order valence-corrected chi connectivity index (χ2v) is 7.21. The highest BCUT2D eigenvalue weighted by molar-refractivity contribution is 5.78. The second-order valence-electron chi connectivity index (χ2n) is 7.21. The second kappa shape index (κ2) is 6.42. The van der Waals surface area contributed by atoms with Gasteiger partial charge in [-0.1, -0.05) is 12.1 Å². The minimum Gasteiger partial charge on any atom is -0.483 e. The van der Waals surface area contributed by atoms with Gasteiger partial charge in [0.25, 0.3) is 5.91 Å². The lowest BCUT2D eigenvalue weighted by Crippen LogP contribution is -2.52. The number of halogens is 3. The first kappa shape index (κ1) is 17.9. The summed E-state index contributed by atoms with van der Waals surface area (Å²) in [6.45, 7) is 3.59. The van der Waals surface area contributed by atoms with Gasteiger partial charge in [0.05, 0.1) is 0 Å². The molecule has 3 rings (SSSR count). The number of rotatable bonds is 3. The van der Waals surface area contributed by atoms with Crippen molar-refractivity contribution in [3.63, 3.8) is 0 Å². The summed E-state index contributed by atoms with van der Waals surface area (Å²) in [5.41, 5.74) is 0.612. The monoisotopic (exact) mass is 357 g/mol. The lowest BCUT2D eigenvalue weighted by molar-refractivity contribution is -0.196. The van der Waals surface area contributed by atoms with Crippen LogP contribution in [0.3, 0.4) is 0 Å². The lowest BCUT2D eigenvalue weighted by Gasteiger charge is -2.36. The Morgan fingerprint density at radius 3 is 2.84 bits per heavy atom. The van der Waals surface area contributed by atoms with Gasteiger partial charge in [0.1, 0.15) is 11.6 Å². The van der Waals surface area contributed by atoms with Crippen LogP contribution in [0.2, 0.25) is 0 Å². The van der Waals surface area contributed by atoms with Crippen molar-refractivity contribution in [2.45, 2.75) is 57.3 Å². The van der Waals surface area contributed by atoms with Gasteiger partial charge in [-0.2, -0.15) is 13.2 Å². The standard InChI is InChI=1S/C18H22F3NO3/c1-17(2)10-12-6-5-7-13(16(12)25-17)24-11-15(23)22-9-4-3-8-14(22)18(19,20)21/h5-7,14H,3-4,8-11H2,1-2H3. The Morgan fingerprint density at radius 2 is 2.12 bits per heavy atom. The average Bonchev–Trinajstić information content (AvgIpc) is 2.86. The number of carbonyl (C=O) groups excluding carboxylic acids is 1. The van der Waals surface area contributed by atoms with Crippen LogP contribution in [0.5, 0.6) is 11.5 Å². The number of benzene rings is 1. The molecule has 1 saturated heterocycles. The van der Waals surface area contributed by atoms with E-state index in [9.17, 15) is 18.0 Å². The molecule has 1 amide bonds. The zero-order valence-electron chi connectivity index (χ0n) is 14.4. The van der Waals surface area contributed by atoms with E-state index in [1.807, 2.05) is 19.9 Å². The molecule has 1 fully saturated rings. The van der Waals surface area contributed by atoms with Gasteiger partial charge in [0.15, 0.2) is 18.1 Å². The van der Waals surface area contributed by atoms with E-state index in [0.29, 0.717) is 24.3 Å². The van der Waals surface area contributed by atoms with Crippen molar-refractivity contribution in [2.75, 3.05) is 13.2 Å². The molecule has 138 valence electrons. The number of ether oxygens (including phenoxy) is 2. The zero-order valence-corrected chi connectivity index (χ0v) is 14.4. The number of para-hydroxylation sites is 1. The summed E-state index contributed by atoms with van der Waals surface area (Å²) in [7, 11) is 0. The number of hydrogen-bond donors (Lipinski definition) is 0. The van der Waals surface area contributed by atoms with Crippen molar-refractivity contribution in [2.24, 2.45) is 0 Å². The molecule has 2 heterocycles.